The number of hydrogen-bond acceptors (Lipinski definition) is 8. The molecule has 0 aromatic heterocycles. The predicted molar refractivity (Wildman–Crippen MR) is 342 cm³/mol. The molecule has 0 spiro atoms. The first-order chi connectivity index (χ1) is 38.6. The SMILES string of the molecule is CC/C=C\C/C=C\C/C=C\CC(C)C(O)CN(CCCCC1NC(=O)C(CCCCN(CC(O)C(C)/C=C\C/C=C\C/C=C\CC)CC(O)C(C)(C)/C=C\C/C=C\C/C=C\CC)NC1=O)CC(O)C(C)/C=C\C/C=C\C/C=C\CC. The van der Waals surface area contributed by atoms with Gasteiger partial charge in [0.25, 0.3) is 0 Å². The van der Waals surface area contributed by atoms with E-state index < -0.39 is 41.9 Å². The molecule has 1 aliphatic heterocycles. The summed E-state index contributed by atoms with van der Waals surface area (Å²) in [6.07, 6.45) is 64.6. The number of amides is 2. The molecule has 0 aromatic carbocycles. The van der Waals surface area contributed by atoms with E-state index in [2.05, 4.69) is 201 Å². The molecule has 1 aliphatic rings. The number of allylic oxidation sites excluding steroid dienone is 21. The van der Waals surface area contributed by atoms with Crippen LogP contribution >= 0.6 is 0 Å². The molecule has 9 unspecified atom stereocenters. The summed E-state index contributed by atoms with van der Waals surface area (Å²) < 4.78 is 0. The van der Waals surface area contributed by atoms with Crippen LogP contribution < -0.4 is 10.6 Å². The summed E-state index contributed by atoms with van der Waals surface area (Å²) in [5, 5.41) is 51.8. The highest BCUT2D eigenvalue weighted by molar-refractivity contribution is 5.96. The Balaban J connectivity index is 2.93. The van der Waals surface area contributed by atoms with E-state index >= 15 is 0 Å². The standard InChI is InChI=1S/C70H116N4O6/c1-10-14-18-22-26-30-33-37-41-48-60(6)65(76)56-73(55-64(75)59(5)47-39-35-31-27-23-19-15-11-2)53-45-42-50-62-68(79)72-63(69(80)71-62)51-43-46-54-74(57-66(77)61(7)49-40-36-32-28-24-20-16-12-3)58-67(78)70(8,9)52-44-38-34-29-25-21-17-13-4/h14-21,26-32,34,37,39-41,44,47,49,52,59-67,75-78H,10-13,22-25,33,35-36,38,42-43,45-46,48,50-51,53-58H2,1-9H3,(H,71,80)(H,72,79)/b18-14-,19-15-,20-16-,21-17-,30-26-,31-27-,32-28-,34-29-,41-37-,47-39-,49-40-,52-44-. The molecule has 0 bridgehead atoms. The second-order valence-corrected chi connectivity index (χ2v) is 22.6. The molecule has 10 heteroatoms. The number of aliphatic hydroxyl groups is 4. The molecule has 80 heavy (non-hydrogen) atoms. The zero-order valence-electron chi connectivity index (χ0n) is 51.7. The minimum atomic E-state index is -0.675. The highest BCUT2D eigenvalue weighted by Crippen LogP contribution is 2.25. The molecular formula is C70H116N4O6. The van der Waals surface area contributed by atoms with Crippen LogP contribution in [0.5, 0.6) is 0 Å². The van der Waals surface area contributed by atoms with Crippen LogP contribution in [0.4, 0.5) is 0 Å². The maximum atomic E-state index is 13.5. The van der Waals surface area contributed by atoms with Crippen molar-refractivity contribution in [3.63, 3.8) is 0 Å². The Morgan fingerprint density at radius 1 is 0.438 bits per heavy atom. The summed E-state index contributed by atoms with van der Waals surface area (Å²) >= 11 is 0. The van der Waals surface area contributed by atoms with Crippen LogP contribution in [-0.2, 0) is 9.59 Å². The molecule has 0 aliphatic carbocycles. The molecule has 1 fully saturated rings. The zero-order chi connectivity index (χ0) is 59.1. The first kappa shape index (κ1) is 73.6. The van der Waals surface area contributed by atoms with E-state index in [-0.39, 0.29) is 29.6 Å². The van der Waals surface area contributed by atoms with E-state index in [1.807, 2.05) is 27.7 Å². The van der Waals surface area contributed by atoms with Crippen LogP contribution in [0.3, 0.4) is 0 Å². The normalized spacial score (nSPS) is 19.1. The Hall–Kier alpha value is -4.42. The minimum absolute atomic E-state index is 0.0333. The van der Waals surface area contributed by atoms with Gasteiger partial charge in [-0.15, -0.1) is 0 Å². The largest absolute Gasteiger partial charge is 0.392 e. The average Bonchev–Trinajstić information content (AvgIpc) is 3.45. The fourth-order valence-corrected chi connectivity index (χ4v) is 9.09. The summed E-state index contributed by atoms with van der Waals surface area (Å²) in [6.45, 7) is 21.6. The van der Waals surface area contributed by atoms with Crippen molar-refractivity contribution in [1.82, 2.24) is 20.4 Å². The number of nitrogens with zero attached hydrogens (tertiary/aromatic N) is 2. The van der Waals surface area contributed by atoms with Crippen molar-refractivity contribution >= 4 is 11.8 Å². The highest BCUT2D eigenvalue weighted by atomic mass is 16.3. The summed E-state index contributed by atoms with van der Waals surface area (Å²) in [7, 11) is 0. The maximum absolute atomic E-state index is 13.5. The van der Waals surface area contributed by atoms with Crippen molar-refractivity contribution in [2.45, 2.75) is 221 Å². The fourth-order valence-electron chi connectivity index (χ4n) is 9.09. The van der Waals surface area contributed by atoms with Crippen LogP contribution in [0.2, 0.25) is 0 Å². The molecule has 452 valence electrons. The van der Waals surface area contributed by atoms with Gasteiger partial charge in [-0.2, -0.15) is 0 Å². The minimum Gasteiger partial charge on any atom is -0.392 e. The molecule has 0 saturated carbocycles. The second kappa shape index (κ2) is 48.1. The summed E-state index contributed by atoms with van der Waals surface area (Å²) in [6, 6.07) is -1.25. The number of aliphatic hydroxyl groups excluding tert-OH is 4. The van der Waals surface area contributed by atoms with E-state index in [0.29, 0.717) is 65.0 Å². The topological polar surface area (TPSA) is 146 Å². The molecule has 0 radical (unpaired) electrons. The number of rotatable bonds is 47. The smallest absolute Gasteiger partial charge is 0.243 e. The van der Waals surface area contributed by atoms with Gasteiger partial charge in [-0.25, -0.2) is 0 Å². The molecule has 1 rings (SSSR count). The number of hydrogen-bond donors (Lipinski definition) is 6. The van der Waals surface area contributed by atoms with Gasteiger partial charge in [-0.3, -0.25) is 19.4 Å². The lowest BCUT2D eigenvalue weighted by Gasteiger charge is -2.34. The van der Waals surface area contributed by atoms with E-state index in [0.717, 1.165) is 96.3 Å². The Morgan fingerprint density at radius 2 is 0.762 bits per heavy atom. The van der Waals surface area contributed by atoms with Gasteiger partial charge in [-0.05, 0) is 141 Å². The van der Waals surface area contributed by atoms with Gasteiger partial charge >= 0.3 is 0 Å². The fraction of sp³-hybridized carbons (Fsp3) is 0.629. The van der Waals surface area contributed by atoms with E-state index in [4.69, 9.17) is 0 Å². The van der Waals surface area contributed by atoms with Gasteiger partial charge in [0.2, 0.25) is 11.8 Å². The van der Waals surface area contributed by atoms with E-state index in [9.17, 15) is 30.0 Å². The Labute approximate surface area is 489 Å². The molecule has 0 aromatic rings. The van der Waals surface area contributed by atoms with Crippen LogP contribution in [0.25, 0.3) is 0 Å². The van der Waals surface area contributed by atoms with Crippen molar-refractivity contribution in [2.75, 3.05) is 39.3 Å². The van der Waals surface area contributed by atoms with Crippen LogP contribution in [0.1, 0.15) is 184 Å². The Bertz CT molecular complexity index is 1960. The number of unbranched alkanes of at least 4 members (excludes halogenated alkanes) is 2. The summed E-state index contributed by atoms with van der Waals surface area (Å²) in [4.78, 5) is 31.2. The third kappa shape index (κ3) is 37.6. The molecule has 10 nitrogen and oxygen atoms in total. The average molecular weight is 1110 g/mol. The lowest BCUT2D eigenvalue weighted by atomic mass is 9.85. The highest BCUT2D eigenvalue weighted by Gasteiger charge is 2.33. The first-order valence-electron chi connectivity index (χ1n) is 31.2. The van der Waals surface area contributed by atoms with Gasteiger partial charge in [0.15, 0.2) is 0 Å². The van der Waals surface area contributed by atoms with Gasteiger partial charge in [-0.1, -0.05) is 208 Å². The molecule has 1 heterocycles. The van der Waals surface area contributed by atoms with Crippen molar-refractivity contribution in [3.05, 3.63) is 146 Å². The molecule has 1 saturated heterocycles. The number of carbonyl (C=O) groups excluding carboxylic acids is 2. The van der Waals surface area contributed by atoms with Crippen molar-refractivity contribution < 1.29 is 30.0 Å². The third-order valence-electron chi connectivity index (χ3n) is 14.8. The predicted octanol–water partition coefficient (Wildman–Crippen LogP) is 14.1. The quantitative estimate of drug-likeness (QED) is 0.0261. The molecule has 6 N–H and O–H groups in total. The second-order valence-electron chi connectivity index (χ2n) is 22.6. The van der Waals surface area contributed by atoms with Crippen molar-refractivity contribution in [2.24, 2.45) is 23.2 Å². The zero-order valence-corrected chi connectivity index (χ0v) is 51.7. The molecule has 2 amide bonds. The van der Waals surface area contributed by atoms with Crippen LogP contribution in [0.15, 0.2) is 146 Å². The van der Waals surface area contributed by atoms with Gasteiger partial charge in [0.05, 0.1) is 24.4 Å². The third-order valence-corrected chi connectivity index (χ3v) is 14.8. The Kier molecular flexibility index (Phi) is 44.3. The lowest BCUT2D eigenvalue weighted by molar-refractivity contribution is -0.137. The van der Waals surface area contributed by atoms with Gasteiger partial charge in [0, 0.05) is 43.4 Å². The van der Waals surface area contributed by atoms with E-state index in [1.54, 1.807) is 0 Å². The lowest BCUT2D eigenvalue weighted by Crippen LogP contribution is -2.61. The summed E-state index contributed by atoms with van der Waals surface area (Å²) in [5.74, 6) is -0.460. The first-order valence-corrected chi connectivity index (χ1v) is 31.2. The van der Waals surface area contributed by atoms with Gasteiger partial charge in [0.1, 0.15) is 12.1 Å². The number of piperazine rings is 1. The van der Waals surface area contributed by atoms with Crippen molar-refractivity contribution in [3.8, 4) is 0 Å². The maximum Gasteiger partial charge on any atom is 0.243 e. The van der Waals surface area contributed by atoms with Crippen LogP contribution in [-0.4, -0.2) is 118 Å². The summed E-state index contributed by atoms with van der Waals surface area (Å²) in [5.41, 5.74) is -0.492. The van der Waals surface area contributed by atoms with Crippen LogP contribution in [0, 0.1) is 23.2 Å². The Morgan fingerprint density at radius 3 is 1.15 bits per heavy atom. The monoisotopic (exact) mass is 1110 g/mol. The van der Waals surface area contributed by atoms with Crippen molar-refractivity contribution in [1.29, 1.82) is 0 Å². The van der Waals surface area contributed by atoms with Gasteiger partial charge < -0.3 is 31.1 Å². The van der Waals surface area contributed by atoms with E-state index in [1.165, 1.54) is 0 Å². The molecular weight excluding hydrogens is 993 g/mol. The number of carbonyl (C=O) groups is 2. The number of nitrogens with one attached hydrogen (secondary N) is 2. The molecule has 9 atom stereocenters.